The first-order valence-electron chi connectivity index (χ1n) is 10.00. The fourth-order valence-electron chi connectivity index (χ4n) is 2.64. The predicted molar refractivity (Wildman–Crippen MR) is 120 cm³/mol. The highest BCUT2D eigenvalue weighted by Gasteiger charge is 2.13. The van der Waals surface area contributed by atoms with Gasteiger partial charge < -0.3 is 20.1 Å². The van der Waals surface area contributed by atoms with Crippen molar-refractivity contribution in [3.05, 3.63) is 59.7 Å². The van der Waals surface area contributed by atoms with Crippen molar-refractivity contribution in [2.75, 3.05) is 19.0 Å². The third-order valence-electron chi connectivity index (χ3n) is 4.04. The number of rotatable bonds is 9. The first kappa shape index (κ1) is 23.0. The number of carbonyl (C=O) groups is 2. The van der Waals surface area contributed by atoms with Gasteiger partial charge in [-0.3, -0.25) is 9.59 Å². The Hall–Kier alpha value is -3.28. The number of ether oxygens (including phenoxy) is 2. The average molecular weight is 411 g/mol. The number of anilines is 1. The van der Waals surface area contributed by atoms with Crippen molar-refractivity contribution >= 4 is 23.6 Å². The molecular weight excluding hydrogens is 380 g/mol. The molecule has 0 aliphatic heterocycles. The maximum atomic E-state index is 12.4. The predicted octanol–water partition coefficient (Wildman–Crippen LogP) is 4.52. The number of hydrogen-bond donors (Lipinski definition) is 2. The van der Waals surface area contributed by atoms with Crippen molar-refractivity contribution in [1.29, 1.82) is 0 Å². The number of para-hydroxylation sites is 1. The zero-order valence-corrected chi connectivity index (χ0v) is 18.2. The van der Waals surface area contributed by atoms with Gasteiger partial charge in [0.05, 0.1) is 25.0 Å². The number of benzene rings is 2. The highest BCUT2D eigenvalue weighted by atomic mass is 16.5. The molecule has 0 saturated heterocycles. The molecule has 0 aromatic heterocycles. The number of hydrogen-bond acceptors (Lipinski definition) is 4. The molecule has 0 atom stereocenters. The SMILES string of the molecule is COc1cc(/C=C/C(=O)Nc2ccccc2C(=O)NC(C)C)ccc1OCC(C)C. The van der Waals surface area contributed by atoms with E-state index in [9.17, 15) is 9.59 Å². The van der Waals surface area contributed by atoms with Crippen LogP contribution in [0.3, 0.4) is 0 Å². The lowest BCUT2D eigenvalue weighted by molar-refractivity contribution is -0.111. The van der Waals surface area contributed by atoms with E-state index in [1.54, 1.807) is 37.5 Å². The van der Waals surface area contributed by atoms with Gasteiger partial charge in [0.25, 0.3) is 5.91 Å². The van der Waals surface area contributed by atoms with Crippen LogP contribution in [0.1, 0.15) is 43.6 Å². The Bertz CT molecular complexity index is 904. The van der Waals surface area contributed by atoms with E-state index >= 15 is 0 Å². The highest BCUT2D eigenvalue weighted by molar-refractivity contribution is 6.07. The summed E-state index contributed by atoms with van der Waals surface area (Å²) in [6.07, 6.45) is 3.10. The van der Waals surface area contributed by atoms with Crippen LogP contribution >= 0.6 is 0 Å². The third kappa shape index (κ3) is 6.95. The fourth-order valence-corrected chi connectivity index (χ4v) is 2.64. The second kappa shape index (κ2) is 11.0. The molecule has 0 spiro atoms. The second-order valence-corrected chi connectivity index (χ2v) is 7.61. The van der Waals surface area contributed by atoms with E-state index in [2.05, 4.69) is 24.5 Å². The van der Waals surface area contributed by atoms with Gasteiger partial charge in [0, 0.05) is 12.1 Å². The molecule has 0 aliphatic carbocycles. The van der Waals surface area contributed by atoms with Crippen LogP contribution in [0.4, 0.5) is 5.69 Å². The van der Waals surface area contributed by atoms with Gasteiger partial charge in [0.2, 0.25) is 5.91 Å². The van der Waals surface area contributed by atoms with Crippen LogP contribution in [-0.2, 0) is 4.79 Å². The Morgan fingerprint density at radius 3 is 2.43 bits per heavy atom. The standard InChI is InChI=1S/C24H30N2O4/c1-16(2)15-30-21-12-10-18(14-22(21)29-5)11-13-23(27)26-20-9-7-6-8-19(20)24(28)25-17(3)4/h6-14,16-17H,15H2,1-5H3,(H,25,28)(H,26,27)/b13-11+. The summed E-state index contributed by atoms with van der Waals surface area (Å²) in [7, 11) is 1.58. The van der Waals surface area contributed by atoms with Crippen molar-refractivity contribution in [1.82, 2.24) is 5.32 Å². The zero-order valence-electron chi connectivity index (χ0n) is 18.2. The van der Waals surface area contributed by atoms with Crippen LogP contribution in [0.15, 0.2) is 48.5 Å². The molecule has 2 aromatic carbocycles. The van der Waals surface area contributed by atoms with Crippen LogP contribution in [0.5, 0.6) is 11.5 Å². The van der Waals surface area contributed by atoms with E-state index < -0.39 is 0 Å². The molecule has 160 valence electrons. The number of amides is 2. The van der Waals surface area contributed by atoms with Crippen LogP contribution in [0.2, 0.25) is 0 Å². The zero-order chi connectivity index (χ0) is 22.1. The molecule has 6 nitrogen and oxygen atoms in total. The van der Waals surface area contributed by atoms with Crippen molar-refractivity contribution in [2.45, 2.75) is 33.7 Å². The van der Waals surface area contributed by atoms with Gasteiger partial charge >= 0.3 is 0 Å². The summed E-state index contributed by atoms with van der Waals surface area (Å²) < 4.78 is 11.1. The molecule has 0 fully saturated rings. The van der Waals surface area contributed by atoms with Gasteiger partial charge in [-0.25, -0.2) is 0 Å². The first-order chi connectivity index (χ1) is 14.3. The average Bonchev–Trinajstić information content (AvgIpc) is 2.70. The summed E-state index contributed by atoms with van der Waals surface area (Å²) >= 11 is 0. The van der Waals surface area contributed by atoms with Gasteiger partial charge in [0.1, 0.15) is 0 Å². The lowest BCUT2D eigenvalue weighted by Gasteiger charge is -2.13. The van der Waals surface area contributed by atoms with E-state index in [1.165, 1.54) is 6.08 Å². The van der Waals surface area contributed by atoms with Gasteiger partial charge in [-0.1, -0.05) is 32.0 Å². The Balaban J connectivity index is 2.09. The Morgan fingerprint density at radius 2 is 1.77 bits per heavy atom. The maximum Gasteiger partial charge on any atom is 0.253 e. The minimum Gasteiger partial charge on any atom is -0.493 e. The van der Waals surface area contributed by atoms with Crippen molar-refractivity contribution < 1.29 is 19.1 Å². The number of methoxy groups -OCH3 is 1. The molecule has 0 saturated carbocycles. The van der Waals surface area contributed by atoms with Crippen molar-refractivity contribution in [3.8, 4) is 11.5 Å². The van der Waals surface area contributed by atoms with Crippen molar-refractivity contribution in [2.24, 2.45) is 5.92 Å². The molecule has 0 heterocycles. The monoisotopic (exact) mass is 410 g/mol. The lowest BCUT2D eigenvalue weighted by Crippen LogP contribution is -2.30. The lowest BCUT2D eigenvalue weighted by atomic mass is 10.1. The van der Waals surface area contributed by atoms with Crippen LogP contribution in [-0.4, -0.2) is 31.6 Å². The topological polar surface area (TPSA) is 76.7 Å². The summed E-state index contributed by atoms with van der Waals surface area (Å²) in [5.41, 5.74) is 1.67. The molecule has 2 amide bonds. The molecule has 0 bridgehead atoms. The number of nitrogens with one attached hydrogen (secondary N) is 2. The Labute approximate surface area is 178 Å². The Morgan fingerprint density at radius 1 is 1.03 bits per heavy atom. The molecule has 0 aliphatic rings. The quantitative estimate of drug-likeness (QED) is 0.596. The van der Waals surface area contributed by atoms with Crippen LogP contribution < -0.4 is 20.1 Å². The summed E-state index contributed by atoms with van der Waals surface area (Å²) in [6.45, 7) is 8.52. The smallest absolute Gasteiger partial charge is 0.253 e. The summed E-state index contributed by atoms with van der Waals surface area (Å²) in [6, 6.07) is 12.4. The van der Waals surface area contributed by atoms with Gasteiger partial charge in [0.15, 0.2) is 11.5 Å². The van der Waals surface area contributed by atoms with Crippen LogP contribution in [0, 0.1) is 5.92 Å². The summed E-state index contributed by atoms with van der Waals surface area (Å²) in [5.74, 6) is 1.11. The van der Waals surface area contributed by atoms with Gasteiger partial charge in [-0.2, -0.15) is 0 Å². The highest BCUT2D eigenvalue weighted by Crippen LogP contribution is 2.29. The third-order valence-corrected chi connectivity index (χ3v) is 4.04. The molecule has 0 radical (unpaired) electrons. The normalized spacial score (nSPS) is 11.0. The van der Waals surface area contributed by atoms with Gasteiger partial charge in [-0.05, 0) is 55.7 Å². The summed E-state index contributed by atoms with van der Waals surface area (Å²) in [4.78, 5) is 24.7. The van der Waals surface area contributed by atoms with E-state index in [1.807, 2.05) is 32.0 Å². The van der Waals surface area contributed by atoms with E-state index in [0.29, 0.717) is 35.3 Å². The van der Waals surface area contributed by atoms with Crippen LogP contribution in [0.25, 0.3) is 6.08 Å². The second-order valence-electron chi connectivity index (χ2n) is 7.61. The van der Waals surface area contributed by atoms with Gasteiger partial charge in [-0.15, -0.1) is 0 Å². The summed E-state index contributed by atoms with van der Waals surface area (Å²) in [5, 5.41) is 5.60. The largest absolute Gasteiger partial charge is 0.493 e. The number of carbonyl (C=O) groups excluding carboxylic acids is 2. The molecular formula is C24H30N2O4. The van der Waals surface area contributed by atoms with E-state index in [-0.39, 0.29) is 17.9 Å². The maximum absolute atomic E-state index is 12.4. The molecule has 0 unspecified atom stereocenters. The molecule has 6 heteroatoms. The minimum atomic E-state index is -0.334. The molecule has 2 N–H and O–H groups in total. The Kier molecular flexibility index (Phi) is 8.47. The molecule has 2 rings (SSSR count). The fraction of sp³-hybridized carbons (Fsp3) is 0.333. The van der Waals surface area contributed by atoms with E-state index in [0.717, 1.165) is 5.56 Å². The first-order valence-corrected chi connectivity index (χ1v) is 10.00. The molecule has 2 aromatic rings. The van der Waals surface area contributed by atoms with Crippen molar-refractivity contribution in [3.63, 3.8) is 0 Å². The molecule has 30 heavy (non-hydrogen) atoms. The minimum absolute atomic E-state index is 0.00335. The van der Waals surface area contributed by atoms with E-state index in [4.69, 9.17) is 9.47 Å².